The van der Waals surface area contributed by atoms with Crippen molar-refractivity contribution in [3.63, 3.8) is 0 Å². The van der Waals surface area contributed by atoms with Crippen LogP contribution in [-0.2, 0) is 16.9 Å². The summed E-state index contributed by atoms with van der Waals surface area (Å²) in [6.07, 6.45) is 4.32. The highest BCUT2D eigenvalue weighted by Gasteiger charge is 2.32. The third-order valence-electron chi connectivity index (χ3n) is 7.17. The zero-order valence-electron chi connectivity index (χ0n) is 22.2. The number of carbonyl (C=O) groups is 2. The lowest BCUT2D eigenvalue weighted by molar-refractivity contribution is -0.115. The van der Waals surface area contributed by atoms with E-state index in [-0.39, 0.29) is 29.7 Å². The second kappa shape index (κ2) is 10.7. The summed E-state index contributed by atoms with van der Waals surface area (Å²) in [6.45, 7) is 15.5. The topological polar surface area (TPSA) is 121 Å². The maximum atomic E-state index is 15.2. The molecule has 1 aromatic carbocycles. The van der Waals surface area contributed by atoms with Gasteiger partial charge >= 0.3 is 0 Å². The highest BCUT2D eigenvalue weighted by Crippen LogP contribution is 2.36. The first-order chi connectivity index (χ1) is 19.2. The van der Waals surface area contributed by atoms with Gasteiger partial charge in [-0.25, -0.2) is 15.9 Å². The number of anilines is 1. The molecule has 0 saturated carbocycles. The lowest BCUT2D eigenvalue weighted by Gasteiger charge is -2.17. The SMILES string of the molecule is [C-]#[N+]C(C)(C)c1cc(C(=O)NCc2ccc(-c3ccnc4[nH]nc(N5CC[C@@H](CC(=O)C=C)C5)c34)cc2F)no1. The fourth-order valence-electron chi connectivity index (χ4n) is 4.81. The number of fused-ring (bicyclic) bond motifs is 1. The van der Waals surface area contributed by atoms with Crippen molar-refractivity contribution in [2.45, 2.75) is 38.8 Å². The number of ketones is 1. The summed E-state index contributed by atoms with van der Waals surface area (Å²) < 4.78 is 20.4. The number of rotatable bonds is 9. The number of allylic oxidation sites excluding steroid dienone is 1. The van der Waals surface area contributed by atoms with E-state index in [0.717, 1.165) is 29.7 Å². The van der Waals surface area contributed by atoms with Gasteiger partial charge < -0.3 is 19.6 Å². The van der Waals surface area contributed by atoms with Gasteiger partial charge in [-0.2, -0.15) is 5.10 Å². The average molecular weight is 542 g/mol. The van der Waals surface area contributed by atoms with E-state index in [1.54, 1.807) is 32.2 Å². The molecule has 10 nitrogen and oxygen atoms in total. The molecule has 3 aromatic heterocycles. The summed E-state index contributed by atoms with van der Waals surface area (Å²) >= 11 is 0. The molecular formula is C29H28FN7O3. The zero-order valence-corrected chi connectivity index (χ0v) is 22.2. The second-order valence-corrected chi connectivity index (χ2v) is 10.3. The number of carbonyl (C=O) groups excluding carboxylic acids is 2. The van der Waals surface area contributed by atoms with Crippen LogP contribution in [0, 0.1) is 18.3 Å². The number of amides is 1. The minimum Gasteiger partial charge on any atom is -0.354 e. The molecule has 1 fully saturated rings. The molecule has 1 atom stereocenters. The number of aromatic amines is 1. The largest absolute Gasteiger partial charge is 0.354 e. The van der Waals surface area contributed by atoms with Gasteiger partial charge in [0.05, 0.1) is 5.39 Å². The van der Waals surface area contributed by atoms with Crippen molar-refractivity contribution in [3.05, 3.63) is 83.4 Å². The molecule has 0 radical (unpaired) electrons. The highest BCUT2D eigenvalue weighted by atomic mass is 19.1. The molecule has 5 rings (SSSR count). The molecule has 1 aliphatic rings. The van der Waals surface area contributed by atoms with Gasteiger partial charge in [-0.05, 0) is 41.7 Å². The van der Waals surface area contributed by atoms with Crippen LogP contribution in [0.4, 0.5) is 10.2 Å². The molecule has 11 heteroatoms. The number of pyridine rings is 1. The quantitative estimate of drug-likeness (QED) is 0.230. The molecule has 1 saturated heterocycles. The standard InChI is InChI=1S/C29H28FN7O3/c1-5-20(38)12-17-9-11-37(16-17)27-25-21(8-10-32-26(25)34-35-27)18-6-7-19(22(30)13-18)15-33-28(39)23-14-24(40-36-23)29(2,3)31-4/h5-8,10,13-14,17H,1,9,11-12,15-16H2,2-3H3,(H,33,39)(H,32,34,35)/t17-/m0/s1. The number of benzene rings is 1. The number of hydrogen-bond acceptors (Lipinski definition) is 7. The van der Waals surface area contributed by atoms with Crippen LogP contribution in [0.25, 0.3) is 27.0 Å². The third-order valence-corrected chi connectivity index (χ3v) is 7.17. The van der Waals surface area contributed by atoms with E-state index in [0.29, 0.717) is 29.7 Å². The molecule has 1 amide bonds. The Hall–Kier alpha value is -4.85. The van der Waals surface area contributed by atoms with Crippen molar-refractivity contribution in [2.75, 3.05) is 18.0 Å². The van der Waals surface area contributed by atoms with E-state index in [1.807, 2.05) is 6.07 Å². The van der Waals surface area contributed by atoms with Crippen LogP contribution in [0.1, 0.15) is 48.5 Å². The average Bonchev–Trinajstić information content (AvgIpc) is 3.72. The summed E-state index contributed by atoms with van der Waals surface area (Å²) in [4.78, 5) is 34.4. The predicted molar refractivity (Wildman–Crippen MR) is 147 cm³/mol. The highest BCUT2D eigenvalue weighted by molar-refractivity contribution is 6.01. The Morgan fingerprint density at radius 2 is 2.17 bits per heavy atom. The first-order valence-electron chi connectivity index (χ1n) is 12.9. The molecule has 2 N–H and O–H groups in total. The number of aromatic nitrogens is 4. The lowest BCUT2D eigenvalue weighted by atomic mass is 10.0. The predicted octanol–water partition coefficient (Wildman–Crippen LogP) is 4.81. The van der Waals surface area contributed by atoms with Crippen LogP contribution in [0.2, 0.25) is 0 Å². The van der Waals surface area contributed by atoms with Gasteiger partial charge in [0, 0.05) is 57.7 Å². The van der Waals surface area contributed by atoms with Gasteiger partial charge in [-0.3, -0.25) is 14.7 Å². The van der Waals surface area contributed by atoms with Crippen LogP contribution in [0.5, 0.6) is 0 Å². The number of nitrogens with one attached hydrogen (secondary N) is 2. The second-order valence-electron chi connectivity index (χ2n) is 10.3. The molecule has 0 spiro atoms. The maximum Gasteiger partial charge on any atom is 0.286 e. The Balaban J connectivity index is 1.33. The molecule has 0 unspecified atom stereocenters. The van der Waals surface area contributed by atoms with Crippen molar-refractivity contribution in [3.8, 4) is 11.1 Å². The minimum absolute atomic E-state index is 0.0217. The first kappa shape index (κ1) is 26.7. The lowest BCUT2D eigenvalue weighted by Crippen LogP contribution is -2.23. The minimum atomic E-state index is -0.943. The molecule has 0 bridgehead atoms. The van der Waals surface area contributed by atoms with E-state index < -0.39 is 17.3 Å². The fourth-order valence-corrected chi connectivity index (χ4v) is 4.81. The Bertz CT molecular complexity index is 1650. The molecule has 204 valence electrons. The van der Waals surface area contributed by atoms with E-state index >= 15 is 4.39 Å². The molecular weight excluding hydrogens is 513 g/mol. The first-order valence-corrected chi connectivity index (χ1v) is 12.9. The monoisotopic (exact) mass is 541 g/mol. The van der Waals surface area contributed by atoms with Gasteiger partial charge in [-0.15, -0.1) is 0 Å². The van der Waals surface area contributed by atoms with Gasteiger partial charge in [0.1, 0.15) is 5.82 Å². The summed E-state index contributed by atoms with van der Waals surface area (Å²) in [5, 5.41) is 14.6. The van der Waals surface area contributed by atoms with Crippen LogP contribution in [0.3, 0.4) is 0 Å². The van der Waals surface area contributed by atoms with Crippen LogP contribution in [0.15, 0.2) is 53.7 Å². The smallest absolute Gasteiger partial charge is 0.286 e. The maximum absolute atomic E-state index is 15.2. The number of halogens is 1. The molecule has 4 heterocycles. The van der Waals surface area contributed by atoms with Gasteiger partial charge in [0.25, 0.3) is 11.4 Å². The van der Waals surface area contributed by atoms with Gasteiger partial charge in [0.2, 0.25) is 5.76 Å². The number of hydrogen-bond donors (Lipinski definition) is 2. The Kier molecular flexibility index (Phi) is 7.17. The van der Waals surface area contributed by atoms with Crippen molar-refractivity contribution in [1.82, 2.24) is 25.7 Å². The number of H-pyrrole nitrogens is 1. The summed E-state index contributed by atoms with van der Waals surface area (Å²) in [6, 6.07) is 8.08. The van der Waals surface area contributed by atoms with Crippen molar-refractivity contribution < 1.29 is 18.5 Å². The molecule has 4 aromatic rings. The van der Waals surface area contributed by atoms with E-state index in [2.05, 4.69) is 42.0 Å². The molecule has 1 aliphatic heterocycles. The van der Waals surface area contributed by atoms with E-state index in [9.17, 15) is 9.59 Å². The van der Waals surface area contributed by atoms with Crippen LogP contribution < -0.4 is 10.2 Å². The van der Waals surface area contributed by atoms with Gasteiger partial charge in [-0.1, -0.05) is 23.9 Å². The van der Waals surface area contributed by atoms with E-state index in [4.69, 9.17) is 11.1 Å². The van der Waals surface area contributed by atoms with Crippen molar-refractivity contribution in [2.24, 2.45) is 5.92 Å². The Labute approximate surface area is 230 Å². The van der Waals surface area contributed by atoms with Crippen LogP contribution in [-0.4, -0.2) is 45.1 Å². The summed E-state index contributed by atoms with van der Waals surface area (Å²) in [5.74, 6) is 0.232. The number of nitrogens with zero attached hydrogens (tertiary/aromatic N) is 5. The zero-order chi connectivity index (χ0) is 28.4. The fraction of sp³-hybridized carbons (Fsp3) is 0.310. The van der Waals surface area contributed by atoms with Crippen molar-refractivity contribution >= 4 is 28.5 Å². The Morgan fingerprint density at radius 3 is 2.92 bits per heavy atom. The normalized spacial score (nSPS) is 15.2. The van der Waals surface area contributed by atoms with Crippen LogP contribution >= 0.6 is 0 Å². The summed E-state index contributed by atoms with van der Waals surface area (Å²) in [7, 11) is 0. The molecule has 40 heavy (non-hydrogen) atoms. The van der Waals surface area contributed by atoms with Gasteiger partial charge in [0.15, 0.2) is 22.9 Å². The van der Waals surface area contributed by atoms with Crippen molar-refractivity contribution in [1.29, 1.82) is 0 Å². The molecule has 0 aliphatic carbocycles. The Morgan fingerprint density at radius 1 is 1.35 bits per heavy atom. The summed E-state index contributed by atoms with van der Waals surface area (Å²) in [5.41, 5.74) is 1.38. The van der Waals surface area contributed by atoms with E-state index in [1.165, 1.54) is 18.2 Å². The third kappa shape index (κ3) is 5.20.